The molecule has 2 N–H and O–H groups in total. The second kappa shape index (κ2) is 3.58. The maximum absolute atomic E-state index is 6.08. The van der Waals surface area contributed by atoms with Crippen molar-refractivity contribution in [1.82, 2.24) is 4.90 Å². The summed E-state index contributed by atoms with van der Waals surface area (Å²) < 4.78 is 0. The van der Waals surface area contributed by atoms with Crippen molar-refractivity contribution in [2.24, 2.45) is 5.73 Å². The molecule has 0 spiro atoms. The molecule has 0 bridgehead atoms. The van der Waals surface area contributed by atoms with Crippen LogP contribution < -0.4 is 5.73 Å². The number of hydrogen-bond acceptors (Lipinski definition) is 2. The molecule has 2 heteroatoms. The average Bonchev–Trinajstić information content (AvgIpc) is 2.83. The van der Waals surface area contributed by atoms with Gasteiger partial charge in [-0.3, -0.25) is 0 Å². The zero-order valence-corrected chi connectivity index (χ0v) is 8.76. The van der Waals surface area contributed by atoms with Crippen molar-refractivity contribution < 1.29 is 0 Å². The van der Waals surface area contributed by atoms with Crippen LogP contribution in [0.5, 0.6) is 0 Å². The van der Waals surface area contributed by atoms with E-state index in [0.717, 1.165) is 6.04 Å². The lowest BCUT2D eigenvalue weighted by molar-refractivity contribution is 0.154. The van der Waals surface area contributed by atoms with Gasteiger partial charge in [-0.05, 0) is 45.6 Å². The summed E-state index contributed by atoms with van der Waals surface area (Å²) in [6.45, 7) is 4.89. The minimum absolute atomic E-state index is 0.247. The Bertz CT molecular complexity index is 175. The molecule has 1 aliphatic heterocycles. The topological polar surface area (TPSA) is 29.3 Å². The first kappa shape index (κ1) is 9.47. The molecule has 0 aromatic heterocycles. The fourth-order valence-electron chi connectivity index (χ4n) is 2.27. The first-order valence-electron chi connectivity index (χ1n) is 5.73. The first-order chi connectivity index (χ1) is 6.20. The number of nitrogens with zero attached hydrogens (tertiary/aromatic N) is 1. The molecule has 0 amide bonds. The lowest BCUT2D eigenvalue weighted by Gasteiger charge is -2.34. The van der Waals surface area contributed by atoms with E-state index in [1.807, 2.05) is 0 Å². The van der Waals surface area contributed by atoms with E-state index in [4.69, 9.17) is 5.73 Å². The van der Waals surface area contributed by atoms with E-state index in [1.165, 1.54) is 51.6 Å². The van der Waals surface area contributed by atoms with Gasteiger partial charge in [-0.1, -0.05) is 6.42 Å². The lowest BCUT2D eigenvalue weighted by Crippen LogP contribution is -2.40. The summed E-state index contributed by atoms with van der Waals surface area (Å²) >= 11 is 0. The highest BCUT2D eigenvalue weighted by Crippen LogP contribution is 2.36. The van der Waals surface area contributed by atoms with Crippen LogP contribution in [0.4, 0.5) is 0 Å². The largest absolute Gasteiger partial charge is 0.325 e. The average molecular weight is 182 g/mol. The molecule has 2 rings (SSSR count). The smallest absolute Gasteiger partial charge is 0.0167 e. The van der Waals surface area contributed by atoms with E-state index in [0.29, 0.717) is 0 Å². The molecule has 2 aliphatic rings. The van der Waals surface area contributed by atoms with Crippen LogP contribution in [0.3, 0.4) is 0 Å². The third-order valence-electron chi connectivity index (χ3n) is 3.73. The van der Waals surface area contributed by atoms with E-state index in [-0.39, 0.29) is 5.54 Å². The van der Waals surface area contributed by atoms with Crippen molar-refractivity contribution in [3.05, 3.63) is 0 Å². The highest BCUT2D eigenvalue weighted by Gasteiger charge is 2.38. The summed E-state index contributed by atoms with van der Waals surface area (Å²) in [5.41, 5.74) is 6.33. The van der Waals surface area contributed by atoms with E-state index in [9.17, 15) is 0 Å². The zero-order valence-electron chi connectivity index (χ0n) is 8.76. The lowest BCUT2D eigenvalue weighted by atomic mass is 10.0. The van der Waals surface area contributed by atoms with Gasteiger partial charge >= 0.3 is 0 Å². The van der Waals surface area contributed by atoms with Crippen LogP contribution in [-0.2, 0) is 0 Å². The van der Waals surface area contributed by atoms with Crippen LogP contribution in [0.2, 0.25) is 0 Å². The molecular formula is C11H22N2. The van der Waals surface area contributed by atoms with E-state index >= 15 is 0 Å². The molecule has 1 unspecified atom stereocenters. The van der Waals surface area contributed by atoms with Gasteiger partial charge in [0.2, 0.25) is 0 Å². The maximum Gasteiger partial charge on any atom is 0.0167 e. The molecule has 13 heavy (non-hydrogen) atoms. The number of rotatable bonds is 3. The quantitative estimate of drug-likeness (QED) is 0.720. The summed E-state index contributed by atoms with van der Waals surface area (Å²) in [5, 5.41) is 0. The molecule has 0 aromatic carbocycles. The van der Waals surface area contributed by atoms with Crippen LogP contribution in [0.1, 0.15) is 45.4 Å². The van der Waals surface area contributed by atoms with Crippen molar-refractivity contribution >= 4 is 0 Å². The number of hydrogen-bond donors (Lipinski definition) is 1. The van der Waals surface area contributed by atoms with Crippen molar-refractivity contribution in [1.29, 1.82) is 0 Å². The normalized spacial score (nSPS) is 33.2. The number of piperidine rings is 1. The molecule has 0 radical (unpaired) electrons. The van der Waals surface area contributed by atoms with Gasteiger partial charge in [0, 0.05) is 18.1 Å². The van der Waals surface area contributed by atoms with Crippen molar-refractivity contribution in [3.8, 4) is 0 Å². The van der Waals surface area contributed by atoms with E-state index in [1.54, 1.807) is 0 Å². The van der Waals surface area contributed by atoms with Gasteiger partial charge in [0.1, 0.15) is 0 Å². The minimum atomic E-state index is 0.247. The highest BCUT2D eigenvalue weighted by molar-refractivity contribution is 4.99. The van der Waals surface area contributed by atoms with Crippen LogP contribution in [0.15, 0.2) is 0 Å². The van der Waals surface area contributed by atoms with Crippen molar-refractivity contribution in [2.45, 2.75) is 57.0 Å². The highest BCUT2D eigenvalue weighted by atomic mass is 15.2. The van der Waals surface area contributed by atoms with Crippen LogP contribution in [0, 0.1) is 0 Å². The molecule has 1 saturated carbocycles. The van der Waals surface area contributed by atoms with Crippen LogP contribution in [0.25, 0.3) is 0 Å². The Kier molecular flexibility index (Phi) is 2.61. The second-order valence-electron chi connectivity index (χ2n) is 4.99. The Hall–Kier alpha value is -0.0800. The fraction of sp³-hybridized carbons (Fsp3) is 1.00. The Morgan fingerprint density at radius 3 is 2.77 bits per heavy atom. The van der Waals surface area contributed by atoms with Crippen LogP contribution in [-0.4, -0.2) is 29.6 Å². The van der Waals surface area contributed by atoms with E-state index in [2.05, 4.69) is 11.8 Å². The number of nitrogens with two attached hydrogens (primary N) is 1. The summed E-state index contributed by atoms with van der Waals surface area (Å²) in [6.07, 6.45) is 7.94. The predicted octanol–water partition coefficient (Wildman–Crippen LogP) is 1.74. The SMILES string of the molecule is CC1CCCCN1CCC1(N)CC1. The van der Waals surface area contributed by atoms with Gasteiger partial charge in [-0.2, -0.15) is 0 Å². The maximum atomic E-state index is 6.08. The third-order valence-corrected chi connectivity index (χ3v) is 3.73. The van der Waals surface area contributed by atoms with Crippen molar-refractivity contribution in [3.63, 3.8) is 0 Å². The minimum Gasteiger partial charge on any atom is -0.325 e. The molecule has 1 saturated heterocycles. The first-order valence-corrected chi connectivity index (χ1v) is 5.73. The molecule has 2 nitrogen and oxygen atoms in total. The Balaban J connectivity index is 1.73. The standard InChI is InChI=1S/C11H22N2/c1-10-4-2-3-8-13(10)9-7-11(12)5-6-11/h10H,2-9,12H2,1H3. The number of likely N-dealkylation sites (tertiary alicyclic amines) is 1. The van der Waals surface area contributed by atoms with Crippen LogP contribution >= 0.6 is 0 Å². The van der Waals surface area contributed by atoms with Gasteiger partial charge in [0.15, 0.2) is 0 Å². The molecule has 2 fully saturated rings. The van der Waals surface area contributed by atoms with Crippen molar-refractivity contribution in [2.75, 3.05) is 13.1 Å². The molecule has 1 atom stereocenters. The summed E-state index contributed by atoms with van der Waals surface area (Å²) in [5.74, 6) is 0. The molecule has 76 valence electrons. The Labute approximate surface area is 81.5 Å². The molecule has 0 aromatic rings. The summed E-state index contributed by atoms with van der Waals surface area (Å²) in [7, 11) is 0. The zero-order chi connectivity index (χ0) is 9.31. The predicted molar refractivity (Wildman–Crippen MR) is 55.7 cm³/mol. The molecule has 1 heterocycles. The fourth-order valence-corrected chi connectivity index (χ4v) is 2.27. The monoisotopic (exact) mass is 182 g/mol. The molecule has 1 aliphatic carbocycles. The van der Waals surface area contributed by atoms with Gasteiger partial charge in [0.25, 0.3) is 0 Å². The summed E-state index contributed by atoms with van der Waals surface area (Å²) in [6, 6.07) is 0.802. The Morgan fingerprint density at radius 1 is 1.38 bits per heavy atom. The Morgan fingerprint density at radius 2 is 2.15 bits per heavy atom. The molecular weight excluding hydrogens is 160 g/mol. The van der Waals surface area contributed by atoms with E-state index < -0.39 is 0 Å². The van der Waals surface area contributed by atoms with Gasteiger partial charge in [-0.15, -0.1) is 0 Å². The van der Waals surface area contributed by atoms with Gasteiger partial charge in [0.05, 0.1) is 0 Å². The van der Waals surface area contributed by atoms with Gasteiger partial charge < -0.3 is 10.6 Å². The summed E-state index contributed by atoms with van der Waals surface area (Å²) in [4.78, 5) is 2.62. The second-order valence-corrected chi connectivity index (χ2v) is 4.99. The third kappa shape index (κ3) is 2.44. The van der Waals surface area contributed by atoms with Gasteiger partial charge in [-0.25, -0.2) is 0 Å².